The molecule has 1 aliphatic heterocycles. The van der Waals surface area contributed by atoms with Crippen LogP contribution in [0.15, 0.2) is 36.5 Å². The Bertz CT molecular complexity index is 1110. The van der Waals surface area contributed by atoms with Crippen molar-refractivity contribution >= 4 is 34.4 Å². The van der Waals surface area contributed by atoms with E-state index in [2.05, 4.69) is 10.3 Å². The standard InChI is InChI=1S/C24H27ClN4O2/c1-15(2)27-24-26-14-16-13-18(17-9-5-6-10-19(17)25)22(31-3)20(21(16)28-24)23(30)29-11-7-4-8-12-29/h5-6,9-10,13-15H,4,7-8,11-12H2,1-3H3,(H,26,27,28). The first-order chi connectivity index (χ1) is 15.0. The van der Waals surface area contributed by atoms with Gasteiger partial charge in [0.15, 0.2) is 0 Å². The van der Waals surface area contributed by atoms with E-state index in [1.807, 2.05) is 49.1 Å². The van der Waals surface area contributed by atoms with Crippen LogP contribution in [0.25, 0.3) is 22.0 Å². The molecule has 0 spiro atoms. The number of nitrogens with zero attached hydrogens (tertiary/aromatic N) is 3. The predicted octanol–water partition coefficient (Wildman–Crippen LogP) is 5.41. The lowest BCUT2D eigenvalue weighted by atomic mass is 9.97. The Morgan fingerprint density at radius 1 is 1.16 bits per heavy atom. The van der Waals surface area contributed by atoms with Crippen LogP contribution in [0.3, 0.4) is 0 Å². The molecular formula is C24H27ClN4O2. The van der Waals surface area contributed by atoms with Crippen LogP contribution in [-0.2, 0) is 0 Å². The second kappa shape index (κ2) is 9.10. The summed E-state index contributed by atoms with van der Waals surface area (Å²) < 4.78 is 5.84. The molecule has 0 unspecified atom stereocenters. The lowest BCUT2D eigenvalue weighted by Gasteiger charge is -2.28. The van der Waals surface area contributed by atoms with E-state index >= 15 is 0 Å². The molecule has 7 heteroatoms. The number of ether oxygens (including phenoxy) is 1. The van der Waals surface area contributed by atoms with Gasteiger partial charge in [-0.05, 0) is 45.2 Å². The summed E-state index contributed by atoms with van der Waals surface area (Å²) in [4.78, 5) is 24.8. The smallest absolute Gasteiger partial charge is 0.259 e. The fourth-order valence-corrected chi connectivity index (χ4v) is 4.27. The third-order valence-corrected chi connectivity index (χ3v) is 5.80. The topological polar surface area (TPSA) is 67.3 Å². The monoisotopic (exact) mass is 438 g/mol. The maximum atomic E-state index is 13.7. The molecule has 162 valence electrons. The number of carbonyl (C=O) groups excluding carboxylic acids is 1. The fraction of sp³-hybridized carbons (Fsp3) is 0.375. The van der Waals surface area contributed by atoms with Gasteiger partial charge in [0, 0.05) is 46.9 Å². The van der Waals surface area contributed by atoms with Crippen LogP contribution in [0.1, 0.15) is 43.5 Å². The summed E-state index contributed by atoms with van der Waals surface area (Å²) in [5, 5.41) is 4.59. The van der Waals surface area contributed by atoms with E-state index in [9.17, 15) is 4.79 Å². The largest absolute Gasteiger partial charge is 0.495 e. The third kappa shape index (κ3) is 4.30. The first kappa shape index (κ1) is 21.4. The van der Waals surface area contributed by atoms with Crippen molar-refractivity contribution in [2.24, 2.45) is 0 Å². The Kier molecular flexibility index (Phi) is 6.28. The van der Waals surface area contributed by atoms with Gasteiger partial charge in [0.25, 0.3) is 5.91 Å². The zero-order valence-electron chi connectivity index (χ0n) is 18.1. The number of carbonyl (C=O) groups is 1. The lowest BCUT2D eigenvalue weighted by Crippen LogP contribution is -2.36. The molecule has 1 aromatic heterocycles. The zero-order valence-corrected chi connectivity index (χ0v) is 18.9. The Labute approximate surface area is 187 Å². The van der Waals surface area contributed by atoms with E-state index in [-0.39, 0.29) is 11.9 Å². The second-order valence-electron chi connectivity index (χ2n) is 8.10. The minimum Gasteiger partial charge on any atom is -0.495 e. The van der Waals surface area contributed by atoms with Crippen LogP contribution in [0.2, 0.25) is 5.02 Å². The van der Waals surface area contributed by atoms with E-state index in [1.165, 1.54) is 0 Å². The first-order valence-corrected chi connectivity index (χ1v) is 11.1. The highest BCUT2D eigenvalue weighted by atomic mass is 35.5. The molecular weight excluding hydrogens is 412 g/mol. The minimum atomic E-state index is -0.0651. The number of rotatable bonds is 5. The Morgan fingerprint density at radius 2 is 1.90 bits per heavy atom. The number of nitrogens with one attached hydrogen (secondary N) is 1. The van der Waals surface area contributed by atoms with Crippen molar-refractivity contribution in [1.29, 1.82) is 0 Å². The van der Waals surface area contributed by atoms with Crippen LogP contribution in [-0.4, -0.2) is 47.0 Å². The van der Waals surface area contributed by atoms with Crippen LogP contribution in [0, 0.1) is 0 Å². The third-order valence-electron chi connectivity index (χ3n) is 5.47. The molecule has 1 fully saturated rings. The van der Waals surface area contributed by atoms with Crippen molar-refractivity contribution in [2.75, 3.05) is 25.5 Å². The Hall–Kier alpha value is -2.86. The van der Waals surface area contributed by atoms with Crippen molar-refractivity contribution in [3.05, 3.63) is 47.1 Å². The molecule has 1 aliphatic rings. The van der Waals surface area contributed by atoms with E-state index in [0.29, 0.717) is 27.8 Å². The van der Waals surface area contributed by atoms with Gasteiger partial charge < -0.3 is 15.0 Å². The van der Waals surface area contributed by atoms with Gasteiger partial charge in [-0.15, -0.1) is 0 Å². The van der Waals surface area contributed by atoms with Gasteiger partial charge in [0.2, 0.25) is 5.95 Å². The summed E-state index contributed by atoms with van der Waals surface area (Å²) in [7, 11) is 1.59. The molecule has 0 bridgehead atoms. The van der Waals surface area contributed by atoms with E-state index in [1.54, 1.807) is 13.3 Å². The molecule has 0 atom stereocenters. The minimum absolute atomic E-state index is 0.0651. The number of amides is 1. The highest BCUT2D eigenvalue weighted by molar-refractivity contribution is 6.33. The van der Waals surface area contributed by atoms with E-state index < -0.39 is 0 Å². The van der Waals surface area contributed by atoms with Crippen LogP contribution < -0.4 is 10.1 Å². The number of benzene rings is 2. The highest BCUT2D eigenvalue weighted by Gasteiger charge is 2.28. The van der Waals surface area contributed by atoms with Crippen LogP contribution in [0.5, 0.6) is 5.75 Å². The van der Waals surface area contributed by atoms with Gasteiger partial charge in [-0.25, -0.2) is 9.97 Å². The van der Waals surface area contributed by atoms with Crippen molar-refractivity contribution < 1.29 is 9.53 Å². The van der Waals surface area contributed by atoms with Crippen LogP contribution >= 0.6 is 11.6 Å². The summed E-state index contributed by atoms with van der Waals surface area (Å²) in [6, 6.07) is 9.68. The van der Waals surface area contributed by atoms with Gasteiger partial charge in [0.05, 0.1) is 12.6 Å². The normalized spacial score (nSPS) is 14.2. The lowest BCUT2D eigenvalue weighted by molar-refractivity contribution is 0.0723. The van der Waals surface area contributed by atoms with Gasteiger partial charge >= 0.3 is 0 Å². The number of methoxy groups -OCH3 is 1. The van der Waals surface area contributed by atoms with Crippen molar-refractivity contribution in [2.45, 2.75) is 39.2 Å². The molecule has 3 aromatic rings. The summed E-state index contributed by atoms with van der Waals surface area (Å²) in [6.07, 6.45) is 4.91. The molecule has 0 saturated carbocycles. The molecule has 1 N–H and O–H groups in total. The van der Waals surface area contributed by atoms with Gasteiger partial charge in [-0.1, -0.05) is 29.8 Å². The zero-order chi connectivity index (χ0) is 22.0. The van der Waals surface area contributed by atoms with Gasteiger partial charge in [-0.3, -0.25) is 4.79 Å². The number of aromatic nitrogens is 2. The quantitative estimate of drug-likeness (QED) is 0.577. The summed E-state index contributed by atoms with van der Waals surface area (Å²) >= 11 is 6.51. The van der Waals surface area contributed by atoms with Crippen molar-refractivity contribution in [3.8, 4) is 16.9 Å². The molecule has 31 heavy (non-hydrogen) atoms. The maximum Gasteiger partial charge on any atom is 0.259 e. The summed E-state index contributed by atoms with van der Waals surface area (Å²) in [5.74, 6) is 0.915. The average Bonchev–Trinajstić information content (AvgIpc) is 2.78. The SMILES string of the molecule is COc1c(-c2ccccc2Cl)cc2cnc(NC(C)C)nc2c1C(=O)N1CCCCC1. The molecule has 1 amide bonds. The Balaban J connectivity index is 1.98. The molecule has 1 saturated heterocycles. The van der Waals surface area contributed by atoms with E-state index in [4.69, 9.17) is 21.3 Å². The summed E-state index contributed by atoms with van der Waals surface area (Å²) in [5.41, 5.74) is 2.61. The number of piperidine rings is 1. The molecule has 2 aromatic carbocycles. The Morgan fingerprint density at radius 3 is 2.58 bits per heavy atom. The molecule has 0 radical (unpaired) electrons. The van der Waals surface area contributed by atoms with Crippen molar-refractivity contribution in [3.63, 3.8) is 0 Å². The number of halogens is 1. The fourth-order valence-electron chi connectivity index (χ4n) is 4.03. The number of likely N-dealkylation sites (tertiary alicyclic amines) is 1. The van der Waals surface area contributed by atoms with Crippen molar-refractivity contribution in [1.82, 2.24) is 14.9 Å². The molecule has 4 rings (SSSR count). The second-order valence-corrected chi connectivity index (χ2v) is 8.50. The number of fused-ring (bicyclic) bond motifs is 1. The predicted molar refractivity (Wildman–Crippen MR) is 125 cm³/mol. The average molecular weight is 439 g/mol. The summed E-state index contributed by atoms with van der Waals surface area (Å²) in [6.45, 7) is 5.52. The highest BCUT2D eigenvalue weighted by Crippen LogP contribution is 2.41. The van der Waals surface area contributed by atoms with E-state index in [0.717, 1.165) is 48.9 Å². The molecule has 0 aliphatic carbocycles. The first-order valence-electron chi connectivity index (χ1n) is 10.7. The number of anilines is 1. The number of hydrogen-bond donors (Lipinski definition) is 1. The molecule has 6 nitrogen and oxygen atoms in total. The van der Waals surface area contributed by atoms with Crippen LogP contribution in [0.4, 0.5) is 5.95 Å². The number of hydrogen-bond acceptors (Lipinski definition) is 5. The van der Waals surface area contributed by atoms with Gasteiger partial charge in [-0.2, -0.15) is 0 Å². The van der Waals surface area contributed by atoms with Gasteiger partial charge in [0.1, 0.15) is 11.3 Å². The maximum absolute atomic E-state index is 13.7. The molecule has 2 heterocycles.